The van der Waals surface area contributed by atoms with Gasteiger partial charge in [0.05, 0.1) is 0 Å². The Bertz CT molecular complexity index is 1030. The van der Waals surface area contributed by atoms with E-state index in [-0.39, 0.29) is 0 Å². The molecule has 0 spiro atoms. The first-order valence-corrected chi connectivity index (χ1v) is 10.4. The molecule has 0 saturated heterocycles. The first-order chi connectivity index (χ1) is 12.8. The molecule has 4 heteroatoms. The second kappa shape index (κ2) is 7.68. The van der Waals surface area contributed by atoms with Crippen molar-refractivity contribution in [2.75, 3.05) is 0 Å². The summed E-state index contributed by atoms with van der Waals surface area (Å²) in [5, 5.41) is 1.08. The van der Waals surface area contributed by atoms with E-state index >= 15 is 0 Å². The van der Waals surface area contributed by atoms with Gasteiger partial charge in [-0.25, -0.2) is 0 Å². The van der Waals surface area contributed by atoms with Crippen molar-refractivity contribution < 1.29 is 7.06 Å². The van der Waals surface area contributed by atoms with Crippen molar-refractivity contribution in [3.63, 3.8) is 0 Å². The van der Waals surface area contributed by atoms with Crippen LogP contribution >= 0.6 is 0 Å². The molecule has 26 heavy (non-hydrogen) atoms. The summed E-state index contributed by atoms with van der Waals surface area (Å²) in [7, 11) is 0. The summed E-state index contributed by atoms with van der Waals surface area (Å²) in [4.78, 5) is 4.60. The van der Waals surface area contributed by atoms with Gasteiger partial charge in [-0.3, -0.25) is 0 Å². The minimum absolute atomic E-state index is 0.797. The normalized spacial score (nSPS) is 10.5. The average molecular weight is 397 g/mol. The van der Waals surface area contributed by atoms with Crippen molar-refractivity contribution in [2.24, 2.45) is 0 Å². The predicted molar refractivity (Wildman–Crippen MR) is 105 cm³/mol. The quantitative estimate of drug-likeness (QED) is 0.434. The fourth-order valence-electron chi connectivity index (χ4n) is 2.82. The summed E-state index contributed by atoms with van der Waals surface area (Å²) in [6, 6.07) is 28.5. The zero-order valence-corrected chi connectivity index (χ0v) is 16.8. The summed E-state index contributed by atoms with van der Waals surface area (Å²) in [5.74, 6) is 1.64. The van der Waals surface area contributed by atoms with Gasteiger partial charge in [0.15, 0.2) is 0 Å². The van der Waals surface area contributed by atoms with Crippen LogP contribution in [0.4, 0.5) is 0 Å². The number of rotatable bonds is 5. The molecule has 3 nitrogen and oxygen atoms in total. The fraction of sp³-hybridized carbons (Fsp3) is 0.0455. The van der Waals surface area contributed by atoms with Crippen molar-refractivity contribution in [3.05, 3.63) is 90.6 Å². The molecule has 0 saturated carbocycles. The van der Waals surface area contributed by atoms with Crippen LogP contribution < -0.4 is 7.06 Å². The number of pyridine rings is 1. The first-order valence-electron chi connectivity index (χ1n) is 8.46. The molecule has 4 aromatic rings. The Balaban J connectivity index is 1.48. The number of aromatic nitrogens is 1. The molecule has 0 aliphatic heterocycles. The van der Waals surface area contributed by atoms with Crippen LogP contribution in [0.15, 0.2) is 84.9 Å². The van der Waals surface area contributed by atoms with E-state index in [4.69, 9.17) is 7.06 Å². The van der Waals surface area contributed by atoms with Crippen molar-refractivity contribution in [1.82, 2.24) is 4.98 Å². The van der Waals surface area contributed by atoms with Gasteiger partial charge in [-0.1, -0.05) is 0 Å². The summed E-state index contributed by atoms with van der Waals surface area (Å²) in [5.41, 5.74) is 4.19. The standard InChI is InChI=1S/C12H10O.C10H9NO.Ga/c13-12-8-4-7-11(9-12)10-5-2-1-3-6-10;1-7-5-6-8-3-2-4-9(12)10(8)11-7;/h1-9,13H;2-6,12H,1H3;/q;;+2/p-2. The van der Waals surface area contributed by atoms with E-state index in [2.05, 4.69) is 35.3 Å². The Morgan fingerprint density at radius 2 is 1.54 bits per heavy atom. The van der Waals surface area contributed by atoms with Crippen LogP contribution in [-0.2, 0) is 0 Å². The van der Waals surface area contributed by atoms with E-state index < -0.39 is 18.1 Å². The van der Waals surface area contributed by atoms with Crippen LogP contribution in [0, 0.1) is 6.92 Å². The van der Waals surface area contributed by atoms with Crippen LogP contribution in [-0.4, -0.2) is 23.1 Å². The monoisotopic (exact) mass is 396 g/mol. The summed E-state index contributed by atoms with van der Waals surface area (Å²) < 4.78 is 12.0. The van der Waals surface area contributed by atoms with E-state index in [0.29, 0.717) is 0 Å². The number of nitrogens with zero attached hydrogens (tertiary/aromatic N) is 1. The van der Waals surface area contributed by atoms with Gasteiger partial charge in [0.1, 0.15) is 0 Å². The van der Waals surface area contributed by atoms with Crippen molar-refractivity contribution >= 4 is 29.0 Å². The summed E-state index contributed by atoms with van der Waals surface area (Å²) >= 11 is -1.39. The molecule has 0 unspecified atom stereocenters. The number of aryl methyl sites for hydroxylation is 1. The zero-order valence-electron chi connectivity index (χ0n) is 14.4. The van der Waals surface area contributed by atoms with E-state index in [0.717, 1.165) is 33.7 Å². The van der Waals surface area contributed by atoms with Gasteiger partial charge in [0.25, 0.3) is 0 Å². The predicted octanol–water partition coefficient (Wildman–Crippen LogP) is 5.20. The first kappa shape index (κ1) is 16.8. The van der Waals surface area contributed by atoms with Gasteiger partial charge in [0, 0.05) is 0 Å². The van der Waals surface area contributed by atoms with Crippen molar-refractivity contribution in [2.45, 2.75) is 6.92 Å². The third-order valence-corrected chi connectivity index (χ3v) is 5.63. The molecule has 1 heterocycles. The number of fused-ring (bicyclic) bond motifs is 1. The molecule has 0 atom stereocenters. The van der Waals surface area contributed by atoms with Crippen molar-refractivity contribution in [3.8, 4) is 22.6 Å². The molecule has 1 aromatic heterocycles. The van der Waals surface area contributed by atoms with Gasteiger partial charge >= 0.3 is 161 Å². The second-order valence-electron chi connectivity index (χ2n) is 6.01. The van der Waals surface area contributed by atoms with Crippen LogP contribution in [0.2, 0.25) is 0 Å². The molecule has 1 radical (unpaired) electrons. The number of para-hydroxylation sites is 1. The third-order valence-electron chi connectivity index (χ3n) is 4.12. The number of benzene rings is 3. The molecule has 4 rings (SSSR count). The van der Waals surface area contributed by atoms with Gasteiger partial charge < -0.3 is 0 Å². The molecule has 0 bridgehead atoms. The van der Waals surface area contributed by atoms with E-state index in [1.807, 2.05) is 61.5 Å². The maximum atomic E-state index is 6.00. The Morgan fingerprint density at radius 1 is 0.731 bits per heavy atom. The summed E-state index contributed by atoms with van der Waals surface area (Å²) in [6.45, 7) is 1.99. The Kier molecular flexibility index (Phi) is 4.95. The Hall–Kier alpha value is -2.69. The molecule has 0 aliphatic rings. The maximum absolute atomic E-state index is 6.00. The van der Waals surface area contributed by atoms with Crippen LogP contribution in [0.3, 0.4) is 0 Å². The average Bonchev–Trinajstić information content (AvgIpc) is 2.69. The molecular formula is C22H17GaNO2. The molecular weight excluding hydrogens is 380 g/mol. The Morgan fingerprint density at radius 3 is 2.42 bits per heavy atom. The van der Waals surface area contributed by atoms with E-state index in [1.165, 1.54) is 5.56 Å². The zero-order chi connectivity index (χ0) is 17.8. The van der Waals surface area contributed by atoms with Crippen LogP contribution in [0.25, 0.3) is 22.0 Å². The molecule has 0 aliphatic carbocycles. The molecule has 125 valence electrons. The topological polar surface area (TPSA) is 31.4 Å². The number of hydrogen-bond acceptors (Lipinski definition) is 3. The van der Waals surface area contributed by atoms with Crippen molar-refractivity contribution in [1.29, 1.82) is 0 Å². The van der Waals surface area contributed by atoms with Gasteiger partial charge in [-0.2, -0.15) is 0 Å². The molecule has 0 amide bonds. The van der Waals surface area contributed by atoms with Gasteiger partial charge in [-0.05, 0) is 0 Å². The number of hydrogen-bond donors (Lipinski definition) is 0. The van der Waals surface area contributed by atoms with Crippen LogP contribution in [0.1, 0.15) is 5.69 Å². The third kappa shape index (κ3) is 3.76. The fourth-order valence-corrected chi connectivity index (χ4v) is 4.08. The van der Waals surface area contributed by atoms with Gasteiger partial charge in [0.2, 0.25) is 0 Å². The minimum atomic E-state index is -1.39. The molecule has 0 N–H and O–H groups in total. The van der Waals surface area contributed by atoms with Crippen LogP contribution in [0.5, 0.6) is 11.5 Å². The SMILES string of the molecule is Cc1ccc2cccc([O][Ga][O]c3cccc(-c4ccccc4)c3)c2n1. The molecule has 0 fully saturated rings. The summed E-state index contributed by atoms with van der Waals surface area (Å²) in [6.07, 6.45) is 0. The van der Waals surface area contributed by atoms with Gasteiger partial charge in [-0.15, -0.1) is 0 Å². The van der Waals surface area contributed by atoms with E-state index in [9.17, 15) is 0 Å². The second-order valence-corrected chi connectivity index (χ2v) is 7.40. The van der Waals surface area contributed by atoms with E-state index in [1.54, 1.807) is 0 Å². The molecule has 3 aromatic carbocycles. The Labute approximate surface area is 161 Å².